The maximum absolute atomic E-state index is 12.6. The zero-order valence-electron chi connectivity index (χ0n) is 71.3. The number of ether oxygens (including phenoxy) is 10. The van der Waals surface area contributed by atoms with Gasteiger partial charge in [-0.15, -0.1) is 16.6 Å². The molecule has 37 heteroatoms. The number of carbonyl (C=O) groups excluding carboxylic acids is 7. The predicted octanol–water partition coefficient (Wildman–Crippen LogP) is 13.2. The second kappa shape index (κ2) is 52.9. The highest BCUT2D eigenvalue weighted by Crippen LogP contribution is 2.26. The number of pyridine rings is 7. The molecule has 12 N–H and O–H groups in total. The smallest absolute Gasteiger partial charge is 0.492 e. The van der Waals surface area contributed by atoms with Crippen LogP contribution < -0.4 is 77.9 Å². The highest BCUT2D eigenvalue weighted by atomic mass is 35.5. The number of likely N-dealkylation sites (N-methyl/N-ethyl adjacent to an activating group) is 3. The van der Waals surface area contributed by atoms with Gasteiger partial charge in [0.15, 0.2) is 22.5 Å². The Morgan fingerprint density at radius 2 is 0.880 bits per heavy atom. The minimum Gasteiger partial charge on any atom is -0.492 e. The molecule has 7 heterocycles. The molecule has 0 aliphatic rings. The van der Waals surface area contributed by atoms with E-state index in [1.54, 1.807) is 184 Å². The number of hydrogen-bond acceptors (Lipinski definition) is 30. The van der Waals surface area contributed by atoms with Gasteiger partial charge in [-0.3, -0.25) is 29.8 Å². The van der Waals surface area contributed by atoms with Crippen molar-refractivity contribution in [3.63, 3.8) is 0 Å². The van der Waals surface area contributed by atoms with Crippen molar-refractivity contribution in [2.75, 3.05) is 86.2 Å². The van der Waals surface area contributed by atoms with Crippen molar-refractivity contribution in [3.8, 4) is 28.7 Å². The van der Waals surface area contributed by atoms with Crippen LogP contribution in [0.3, 0.4) is 0 Å². The average Bonchev–Trinajstić information content (AvgIpc) is 0.821. The molecule has 36 nitrogen and oxygen atoms in total. The van der Waals surface area contributed by atoms with Gasteiger partial charge in [0.25, 0.3) is 0 Å². The van der Waals surface area contributed by atoms with Crippen LogP contribution in [0.2, 0.25) is 0 Å². The lowest BCUT2D eigenvalue weighted by molar-refractivity contribution is -0.119. The number of nitrogens with two attached hydrogens (primary N) is 3. The van der Waals surface area contributed by atoms with E-state index in [2.05, 4.69) is 61.1 Å². The fraction of sp³-hybridized carbons (Fsp3) is 0.463. The molecule has 0 aliphatic carbocycles. The Bertz CT molecular complexity index is 4260. The van der Waals surface area contributed by atoms with Gasteiger partial charge < -0.3 is 85.2 Å². The topological polar surface area (TPSA) is 479 Å². The molecule has 644 valence electrons. The summed E-state index contributed by atoms with van der Waals surface area (Å²) in [5, 5.41) is 12.7. The maximum atomic E-state index is 12.6. The number of amides is 4. The first-order chi connectivity index (χ1) is 54.2. The van der Waals surface area contributed by atoms with Crippen molar-refractivity contribution >= 4 is 88.6 Å². The number of rotatable bonds is 20. The standard InChI is InChI=1S/C20H30N2O7.C14H23N3O3.C13H18N2O4.C10H14N4O.C9H15N3O.C6H7NO.C5H6N2O.C3H5ClO/c1-18(2,3)27-15(23)22(16(24)28-19(4,5)6)14-12-13(10-11-21-14)26-17(25)29-20(7,8)9;1-10(15-5)9-19-11-6-7-16-12(8-11)17-13(18)20-14(2,3)4;1-9(16)8-18-10-5-6-14-11(7-10)15-12(17)19-13(2,3)4;1-8(14(3)12-2)7-15-9-4-5-13-10(11)6-9;1-7(11-2)6-13-8-3-4-12-9(10)5-8;1-5-4-6(8)2-3-7-5;6-5-3-4(8)1-2-7-5;1-3(5)2-4/h10-12H,1-9H3;6-8,10,15H,9H2,1-5H3,(H,16,17,18);5-7H,8H2,1-4H3,(H,14,15,17);4-6,8H,7H2,1,3H3,(H2,11,13);3-5,7,11H,6H2,1-2H3,(H2,10,12);2-4H,1H3,(H,7,8);1-3H,(H3,6,7,8);2H2,1H3. The number of nitrogens with one attached hydrogen (secondary N) is 6. The van der Waals surface area contributed by atoms with Gasteiger partial charge in [-0.1, -0.05) is 0 Å². The van der Waals surface area contributed by atoms with E-state index in [1.165, 1.54) is 73.8 Å². The van der Waals surface area contributed by atoms with Crippen molar-refractivity contribution in [3.05, 3.63) is 166 Å². The lowest BCUT2D eigenvalue weighted by atomic mass is 10.2. The zero-order chi connectivity index (χ0) is 89.5. The average molecular weight is 1660 g/mol. The molecule has 0 fully saturated rings. The van der Waals surface area contributed by atoms with Crippen LogP contribution in [0.5, 0.6) is 28.7 Å². The summed E-state index contributed by atoms with van der Waals surface area (Å²) < 4.78 is 52.8. The van der Waals surface area contributed by atoms with E-state index in [1.807, 2.05) is 41.8 Å². The van der Waals surface area contributed by atoms with E-state index in [0.29, 0.717) is 77.1 Å². The number of imide groups is 1. The number of nitrogens with zero attached hydrogens (tertiary/aromatic N) is 8. The first kappa shape index (κ1) is 105. The molecule has 0 bridgehead atoms. The van der Waals surface area contributed by atoms with E-state index in [0.717, 1.165) is 11.4 Å². The van der Waals surface area contributed by atoms with Crippen LogP contribution in [-0.2, 0) is 33.3 Å². The monoisotopic (exact) mass is 1660 g/mol. The van der Waals surface area contributed by atoms with Crippen LogP contribution in [0.4, 0.5) is 58.9 Å². The number of carbonyl (C=O) groups is 7. The molecule has 7 aromatic rings. The van der Waals surface area contributed by atoms with Crippen LogP contribution in [0.1, 0.15) is 144 Å². The molecule has 7 rings (SSSR count). The number of halogens is 1. The van der Waals surface area contributed by atoms with Crippen molar-refractivity contribution in [2.45, 2.75) is 192 Å². The Hall–Kier alpha value is -12.4. The van der Waals surface area contributed by atoms with Crippen molar-refractivity contribution < 1.29 is 80.9 Å². The van der Waals surface area contributed by atoms with E-state index < -0.39 is 58.5 Å². The molecule has 117 heavy (non-hydrogen) atoms. The summed E-state index contributed by atoms with van der Waals surface area (Å²) in [7, 11) is 5.49. The van der Waals surface area contributed by atoms with Crippen molar-refractivity contribution in [1.29, 1.82) is 0 Å². The Labute approximate surface area is 689 Å². The minimum atomic E-state index is -0.978. The molecule has 0 aromatic carbocycles. The van der Waals surface area contributed by atoms with Crippen molar-refractivity contribution in [2.24, 2.45) is 0 Å². The number of anilines is 6. The molecule has 0 saturated carbocycles. The van der Waals surface area contributed by atoms with Gasteiger partial charge in [-0.25, -0.2) is 48.9 Å². The van der Waals surface area contributed by atoms with E-state index in [9.17, 15) is 43.2 Å². The van der Waals surface area contributed by atoms with Crippen LogP contribution in [-0.4, -0.2) is 182 Å². The van der Waals surface area contributed by atoms with Gasteiger partial charge in [-0.2, -0.15) is 16.4 Å². The van der Waals surface area contributed by atoms with Gasteiger partial charge in [0, 0.05) is 116 Å². The second-order valence-electron chi connectivity index (χ2n) is 29.9. The van der Waals surface area contributed by atoms with Crippen LogP contribution in [0.15, 0.2) is 138 Å². The molecular formula is C80H118ClN17O19. The van der Waals surface area contributed by atoms with Crippen LogP contribution in [0.25, 0.3) is 4.95 Å². The summed E-state index contributed by atoms with van der Waals surface area (Å²) in [5.74, 6) is 4.52. The number of Topliss-reactive ketones (excluding diaryl/α,β-unsaturated/α-hetero) is 2. The number of nitrogen functional groups attached to an aromatic ring is 3. The van der Waals surface area contributed by atoms with E-state index in [4.69, 9.17) is 82.7 Å². The summed E-state index contributed by atoms with van der Waals surface area (Å²) in [6.07, 6.45) is 6.68. The molecule has 4 amide bonds. The summed E-state index contributed by atoms with van der Waals surface area (Å²) >= 11 is 4.99. The lowest BCUT2D eigenvalue weighted by Crippen LogP contribution is -2.44. The molecule has 0 aliphatic heterocycles. The quantitative estimate of drug-likeness (QED) is 0.0112. The molecular weight excluding hydrogens is 1540 g/mol. The molecule has 0 saturated heterocycles. The third-order valence-electron chi connectivity index (χ3n) is 12.5. The number of alkyl halides is 1. The maximum Gasteiger partial charge on any atom is 0.514 e. The van der Waals surface area contributed by atoms with Gasteiger partial charge in [0.05, 0.1) is 12.9 Å². The number of H-pyrrole nitrogens is 2. The van der Waals surface area contributed by atoms with Gasteiger partial charge in [0.2, 0.25) is 0 Å². The van der Waals surface area contributed by atoms with Gasteiger partial charge in [-0.05, 0) is 190 Å². The first-order valence-corrected chi connectivity index (χ1v) is 36.8. The Morgan fingerprint density at radius 3 is 1.22 bits per heavy atom. The number of hydrogen-bond donors (Lipinski definition) is 9. The lowest BCUT2D eigenvalue weighted by Gasteiger charge is -2.28. The Morgan fingerprint density at radius 1 is 0.504 bits per heavy atom. The van der Waals surface area contributed by atoms with E-state index in [-0.39, 0.29) is 58.6 Å². The normalized spacial score (nSPS) is 11.3. The molecule has 0 spiro atoms. The van der Waals surface area contributed by atoms with Crippen LogP contribution >= 0.6 is 11.6 Å². The zero-order valence-corrected chi connectivity index (χ0v) is 72.1. The third-order valence-corrected chi connectivity index (χ3v) is 12.9. The predicted molar refractivity (Wildman–Crippen MR) is 450 cm³/mol. The summed E-state index contributed by atoms with van der Waals surface area (Å²) in [5.41, 5.74) is 13.5. The van der Waals surface area contributed by atoms with Gasteiger partial charge >= 0.3 is 30.5 Å². The third kappa shape index (κ3) is 55.7. The van der Waals surface area contributed by atoms with E-state index >= 15 is 0 Å². The molecule has 3 unspecified atom stereocenters. The number of aromatic amines is 2. The highest BCUT2D eigenvalue weighted by molar-refractivity contribution is 6.27. The summed E-state index contributed by atoms with van der Waals surface area (Å²) in [4.78, 5) is 131. The largest absolute Gasteiger partial charge is 0.514 e. The summed E-state index contributed by atoms with van der Waals surface area (Å²) in [6.45, 7) is 44.9. The highest BCUT2D eigenvalue weighted by Gasteiger charge is 2.34. The fourth-order valence-electron chi connectivity index (χ4n) is 7.06. The Kier molecular flexibility index (Phi) is 47.3. The number of ketones is 2. The Balaban J connectivity index is 0.00000137. The first-order valence-electron chi connectivity index (χ1n) is 36.3. The molecule has 3 atom stereocenters. The summed E-state index contributed by atoms with van der Waals surface area (Å²) in [6, 6.07) is 22.4. The van der Waals surface area contributed by atoms with Crippen LogP contribution in [0, 0.1) is 13.5 Å². The SMILES string of the molecule is CC(=O)CCl.CC(=O)COc1ccnc(NC(=O)OC(C)(C)C)c1.CC(C)(C)OC(=O)Oc1ccnc(N(C(=O)OC(C)(C)C)C(=O)OC(C)(C)C)c1.CNC(C)COc1ccnc(N)c1.CNC(C)COc1ccnc(NC(=O)OC(C)(C)C)c1.Cc1cc(=O)cc[nH]1.Nc1cc(=O)cc[nH]1.[C-]#[N+]N(C)C(C)COc1ccnc(N)c1. The van der Waals surface area contributed by atoms with Gasteiger partial charge in [0.1, 0.15) is 124 Å². The fourth-order valence-corrected chi connectivity index (χ4v) is 7.06. The number of aromatic nitrogens is 7. The number of aryl methyl sites for hydroxylation is 1. The van der Waals surface area contributed by atoms with Crippen molar-refractivity contribution in [1.82, 2.24) is 50.5 Å². The minimum absolute atomic E-state index is 0.0180. The molecule has 7 aromatic heterocycles. The molecule has 0 radical (unpaired) electrons. The second-order valence-corrected chi connectivity index (χ2v) is 30.2.